The molecule has 7 nitrogen and oxygen atoms in total. The molecule has 0 spiro atoms. The van der Waals surface area contributed by atoms with E-state index in [0.29, 0.717) is 35.7 Å². The predicted molar refractivity (Wildman–Crippen MR) is 95.8 cm³/mol. The molecule has 0 radical (unpaired) electrons. The number of benzene rings is 1. The molecule has 4 rings (SSSR count). The molecule has 0 unspecified atom stereocenters. The van der Waals surface area contributed by atoms with Gasteiger partial charge in [0, 0.05) is 4.88 Å². The number of nitrogens with one attached hydrogen (secondary N) is 2. The molecule has 2 aliphatic rings. The Hall–Kier alpha value is -3.00. The number of ether oxygens (including phenoxy) is 1. The Morgan fingerprint density at radius 3 is 2.92 bits per heavy atom. The van der Waals surface area contributed by atoms with Crippen molar-refractivity contribution in [2.45, 2.75) is 12.6 Å². The summed E-state index contributed by atoms with van der Waals surface area (Å²) in [5.41, 5.74) is 1.81. The third-order valence-corrected chi connectivity index (χ3v) is 5.35. The van der Waals surface area contributed by atoms with Gasteiger partial charge < -0.3 is 25.4 Å². The smallest absolute Gasteiger partial charge is 0.319 e. The number of phenolic OH excluding ortho intramolecular Hbond substituents is 1. The number of thiophene rings is 1. The number of hydrogen-bond acceptors (Lipinski definition) is 5. The molecule has 0 saturated carbocycles. The molecule has 0 fully saturated rings. The number of methoxy groups -OCH3 is 1. The van der Waals surface area contributed by atoms with Gasteiger partial charge in [-0.15, -0.1) is 11.3 Å². The van der Waals surface area contributed by atoms with Gasteiger partial charge in [-0.3, -0.25) is 4.79 Å². The molecule has 0 aliphatic carbocycles. The van der Waals surface area contributed by atoms with Gasteiger partial charge in [0.15, 0.2) is 11.5 Å². The second-order valence-electron chi connectivity index (χ2n) is 6.10. The molecule has 2 aromatic rings. The van der Waals surface area contributed by atoms with Crippen LogP contribution in [0.25, 0.3) is 0 Å². The van der Waals surface area contributed by atoms with Crippen molar-refractivity contribution in [2.24, 2.45) is 0 Å². The molecule has 26 heavy (non-hydrogen) atoms. The number of aromatic hydroxyl groups is 1. The van der Waals surface area contributed by atoms with E-state index < -0.39 is 6.04 Å². The third kappa shape index (κ3) is 2.78. The van der Waals surface area contributed by atoms with Crippen LogP contribution >= 0.6 is 11.3 Å². The fraction of sp³-hybridized carbons (Fsp3) is 0.222. The second kappa shape index (κ2) is 6.38. The Labute approximate surface area is 153 Å². The van der Waals surface area contributed by atoms with Crippen molar-refractivity contribution < 1.29 is 19.4 Å². The first-order valence-corrected chi connectivity index (χ1v) is 8.94. The highest BCUT2D eigenvalue weighted by molar-refractivity contribution is 7.09. The molecule has 3 amide bonds. The summed E-state index contributed by atoms with van der Waals surface area (Å²) in [6, 6.07) is 7.78. The average molecular weight is 371 g/mol. The zero-order valence-corrected chi connectivity index (χ0v) is 14.8. The maximum atomic E-state index is 13.0. The fourth-order valence-corrected chi connectivity index (χ4v) is 3.99. The van der Waals surface area contributed by atoms with Gasteiger partial charge >= 0.3 is 6.03 Å². The summed E-state index contributed by atoms with van der Waals surface area (Å²) < 4.78 is 5.14. The number of phenols is 1. The van der Waals surface area contributed by atoms with Crippen LogP contribution in [0.1, 0.15) is 16.5 Å². The number of rotatable bonds is 4. The van der Waals surface area contributed by atoms with Crippen molar-refractivity contribution in [3.8, 4) is 11.5 Å². The second-order valence-corrected chi connectivity index (χ2v) is 7.13. The number of carbonyl (C=O) groups excluding carboxylic acids is 2. The maximum absolute atomic E-state index is 13.0. The maximum Gasteiger partial charge on any atom is 0.319 e. The van der Waals surface area contributed by atoms with Gasteiger partial charge in [-0.2, -0.15) is 0 Å². The van der Waals surface area contributed by atoms with Crippen LogP contribution in [0.4, 0.5) is 4.79 Å². The van der Waals surface area contributed by atoms with Gasteiger partial charge in [0.1, 0.15) is 0 Å². The largest absolute Gasteiger partial charge is 0.504 e. The van der Waals surface area contributed by atoms with E-state index in [1.807, 2.05) is 17.5 Å². The van der Waals surface area contributed by atoms with E-state index in [9.17, 15) is 14.7 Å². The lowest BCUT2D eigenvalue weighted by molar-refractivity contribution is -0.126. The first kappa shape index (κ1) is 16.5. The van der Waals surface area contributed by atoms with Crippen LogP contribution in [0, 0.1) is 0 Å². The lowest BCUT2D eigenvalue weighted by atomic mass is 9.96. The summed E-state index contributed by atoms with van der Waals surface area (Å²) in [7, 11) is 1.45. The van der Waals surface area contributed by atoms with Crippen LogP contribution in [-0.2, 0) is 11.3 Å². The first-order valence-electron chi connectivity index (χ1n) is 8.06. The third-order valence-electron chi connectivity index (χ3n) is 4.48. The van der Waals surface area contributed by atoms with Crippen LogP contribution in [0.3, 0.4) is 0 Å². The van der Waals surface area contributed by atoms with Crippen LogP contribution < -0.4 is 15.4 Å². The Morgan fingerprint density at radius 1 is 1.35 bits per heavy atom. The number of carbonyl (C=O) groups is 2. The SMILES string of the molecule is COc1cc([C@H]2NC(=O)NC3=C2C(=O)N(Cc2cccs2)C3)ccc1O. The topological polar surface area (TPSA) is 90.9 Å². The molecule has 2 aliphatic heterocycles. The standard InChI is InChI=1S/C18H17N3O4S/c1-25-14-7-10(4-5-13(14)22)16-15-12(19-18(24)20-16)9-21(17(15)23)8-11-3-2-6-26-11/h2-7,16,22H,8-9H2,1H3,(H2,19,20,24)/t16-/m1/s1. The summed E-state index contributed by atoms with van der Waals surface area (Å²) in [5.74, 6) is 0.180. The van der Waals surface area contributed by atoms with Crippen molar-refractivity contribution >= 4 is 23.3 Å². The summed E-state index contributed by atoms with van der Waals surface area (Å²) in [4.78, 5) is 27.9. The van der Waals surface area contributed by atoms with Crippen molar-refractivity contribution in [3.05, 3.63) is 57.4 Å². The minimum Gasteiger partial charge on any atom is -0.504 e. The summed E-state index contributed by atoms with van der Waals surface area (Å²) in [5, 5.41) is 17.3. The molecule has 0 saturated heterocycles. The number of urea groups is 1. The van der Waals surface area contributed by atoms with E-state index in [1.165, 1.54) is 13.2 Å². The molecule has 134 valence electrons. The predicted octanol–water partition coefficient (Wildman–Crippen LogP) is 2.11. The van der Waals surface area contributed by atoms with Crippen molar-refractivity contribution in [1.29, 1.82) is 0 Å². The van der Waals surface area contributed by atoms with Gasteiger partial charge in [0.2, 0.25) is 0 Å². The Kier molecular flexibility index (Phi) is 4.04. The minimum absolute atomic E-state index is 0.00258. The fourth-order valence-electron chi connectivity index (χ4n) is 3.27. The van der Waals surface area contributed by atoms with Crippen molar-refractivity contribution in [1.82, 2.24) is 15.5 Å². The van der Waals surface area contributed by atoms with Gasteiger partial charge in [0.05, 0.1) is 37.5 Å². The molecular weight excluding hydrogens is 354 g/mol. The van der Waals surface area contributed by atoms with Gasteiger partial charge in [-0.1, -0.05) is 12.1 Å². The Bertz CT molecular complexity index is 907. The van der Waals surface area contributed by atoms with E-state index in [2.05, 4.69) is 10.6 Å². The van der Waals surface area contributed by atoms with Crippen LogP contribution in [0.5, 0.6) is 11.5 Å². The average Bonchev–Trinajstić information content (AvgIpc) is 3.23. The minimum atomic E-state index is -0.589. The molecule has 1 aromatic carbocycles. The molecule has 3 heterocycles. The normalized spacial score (nSPS) is 19.3. The molecule has 3 N–H and O–H groups in total. The monoisotopic (exact) mass is 371 g/mol. The van der Waals surface area contributed by atoms with Crippen LogP contribution in [0.15, 0.2) is 47.0 Å². The number of nitrogens with zero attached hydrogens (tertiary/aromatic N) is 1. The zero-order valence-electron chi connectivity index (χ0n) is 14.0. The van der Waals surface area contributed by atoms with Crippen LogP contribution in [-0.4, -0.2) is 35.6 Å². The van der Waals surface area contributed by atoms with E-state index in [1.54, 1.807) is 28.4 Å². The highest BCUT2D eigenvalue weighted by atomic mass is 32.1. The molecular formula is C18H17N3O4S. The van der Waals surface area contributed by atoms with E-state index >= 15 is 0 Å². The lowest BCUT2D eigenvalue weighted by Gasteiger charge is -2.26. The highest BCUT2D eigenvalue weighted by Crippen LogP contribution is 2.36. The van der Waals surface area contributed by atoms with Gasteiger partial charge in [0.25, 0.3) is 5.91 Å². The van der Waals surface area contributed by atoms with E-state index in [-0.39, 0.29) is 17.7 Å². The van der Waals surface area contributed by atoms with Gasteiger partial charge in [-0.05, 0) is 29.1 Å². The molecule has 1 aromatic heterocycles. The number of hydrogen-bond donors (Lipinski definition) is 3. The highest BCUT2D eigenvalue weighted by Gasteiger charge is 2.40. The Morgan fingerprint density at radius 2 is 2.19 bits per heavy atom. The molecule has 0 bridgehead atoms. The van der Waals surface area contributed by atoms with Gasteiger partial charge in [-0.25, -0.2) is 4.79 Å². The zero-order chi connectivity index (χ0) is 18.3. The number of amides is 3. The summed E-state index contributed by atoms with van der Waals surface area (Å²) >= 11 is 1.59. The Balaban J connectivity index is 1.67. The van der Waals surface area contributed by atoms with Crippen molar-refractivity contribution in [2.75, 3.05) is 13.7 Å². The van der Waals surface area contributed by atoms with Crippen LogP contribution in [0.2, 0.25) is 0 Å². The molecule has 8 heteroatoms. The molecule has 1 atom stereocenters. The van der Waals surface area contributed by atoms with E-state index in [4.69, 9.17) is 4.74 Å². The first-order chi connectivity index (χ1) is 12.6. The lowest BCUT2D eigenvalue weighted by Crippen LogP contribution is -2.44. The quantitative estimate of drug-likeness (QED) is 0.768. The summed E-state index contributed by atoms with van der Waals surface area (Å²) in [6.07, 6.45) is 0. The summed E-state index contributed by atoms with van der Waals surface area (Å²) in [6.45, 7) is 0.871. The van der Waals surface area contributed by atoms with E-state index in [0.717, 1.165) is 4.88 Å². The van der Waals surface area contributed by atoms with Crippen molar-refractivity contribution in [3.63, 3.8) is 0 Å².